The molecule has 1 heterocycles. The third-order valence-electron chi connectivity index (χ3n) is 3.93. The number of amides is 2. The minimum atomic E-state index is -0.867. The second kappa shape index (κ2) is 4.26. The lowest BCUT2D eigenvalue weighted by Crippen LogP contribution is -2.47. The van der Waals surface area contributed by atoms with Crippen LogP contribution in [-0.2, 0) is 9.59 Å². The predicted molar refractivity (Wildman–Crippen MR) is 63.1 cm³/mol. The SMILES string of the molecule is CC1=C(C)C(=O)N(CC2(O)CCCCC2)C1=O. The number of nitrogens with zero attached hydrogens (tertiary/aromatic N) is 1. The largest absolute Gasteiger partial charge is 0.388 e. The summed E-state index contributed by atoms with van der Waals surface area (Å²) in [5, 5.41) is 10.4. The summed E-state index contributed by atoms with van der Waals surface area (Å²) >= 11 is 0. The molecule has 4 heteroatoms. The number of hydrogen-bond acceptors (Lipinski definition) is 3. The first kappa shape index (κ1) is 12.3. The number of imide groups is 1. The minimum Gasteiger partial charge on any atom is -0.388 e. The molecule has 1 saturated carbocycles. The standard InChI is InChI=1S/C13H19NO3/c1-9-10(2)12(16)14(11(9)15)8-13(17)6-4-3-5-7-13/h17H,3-8H2,1-2H3. The molecule has 0 unspecified atom stereocenters. The van der Waals surface area contributed by atoms with Gasteiger partial charge >= 0.3 is 0 Å². The van der Waals surface area contributed by atoms with Gasteiger partial charge in [-0.25, -0.2) is 0 Å². The van der Waals surface area contributed by atoms with Gasteiger partial charge in [0.15, 0.2) is 0 Å². The highest BCUT2D eigenvalue weighted by Gasteiger charge is 2.40. The fourth-order valence-corrected chi connectivity index (χ4v) is 2.62. The van der Waals surface area contributed by atoms with E-state index in [1.807, 2.05) is 0 Å². The summed E-state index contributed by atoms with van der Waals surface area (Å²) in [6.07, 6.45) is 4.43. The van der Waals surface area contributed by atoms with E-state index in [-0.39, 0.29) is 18.4 Å². The highest BCUT2D eigenvalue weighted by atomic mass is 16.3. The molecule has 0 radical (unpaired) electrons. The average Bonchev–Trinajstić information content (AvgIpc) is 2.48. The minimum absolute atomic E-state index is 0.152. The number of rotatable bonds is 2. The number of aliphatic hydroxyl groups is 1. The van der Waals surface area contributed by atoms with Crippen LogP contribution in [0, 0.1) is 0 Å². The monoisotopic (exact) mass is 237 g/mol. The molecule has 0 aromatic rings. The second-order valence-electron chi connectivity index (χ2n) is 5.23. The molecule has 1 fully saturated rings. The molecule has 17 heavy (non-hydrogen) atoms. The van der Waals surface area contributed by atoms with Crippen LogP contribution in [0.3, 0.4) is 0 Å². The highest BCUT2D eigenvalue weighted by Crippen LogP contribution is 2.31. The lowest BCUT2D eigenvalue weighted by Gasteiger charge is -2.34. The molecular formula is C13H19NO3. The van der Waals surface area contributed by atoms with Crippen LogP contribution in [0.4, 0.5) is 0 Å². The van der Waals surface area contributed by atoms with Crippen LogP contribution in [0.1, 0.15) is 46.0 Å². The molecule has 0 aromatic heterocycles. The molecule has 2 amide bonds. The molecular weight excluding hydrogens is 218 g/mol. The van der Waals surface area contributed by atoms with Crippen molar-refractivity contribution in [3.63, 3.8) is 0 Å². The Bertz CT molecular complexity index is 367. The van der Waals surface area contributed by atoms with Gasteiger partial charge in [0.05, 0.1) is 12.1 Å². The third kappa shape index (κ3) is 2.14. The van der Waals surface area contributed by atoms with Crippen molar-refractivity contribution in [2.45, 2.75) is 51.6 Å². The zero-order chi connectivity index (χ0) is 12.6. The van der Waals surface area contributed by atoms with E-state index in [2.05, 4.69) is 0 Å². The van der Waals surface area contributed by atoms with Gasteiger partial charge in [0.2, 0.25) is 0 Å². The van der Waals surface area contributed by atoms with Crippen LogP contribution in [0.5, 0.6) is 0 Å². The van der Waals surface area contributed by atoms with E-state index in [4.69, 9.17) is 0 Å². The van der Waals surface area contributed by atoms with Gasteiger partial charge < -0.3 is 5.11 Å². The fourth-order valence-electron chi connectivity index (χ4n) is 2.62. The first-order valence-corrected chi connectivity index (χ1v) is 6.21. The topological polar surface area (TPSA) is 57.6 Å². The Morgan fingerprint density at radius 2 is 1.53 bits per heavy atom. The van der Waals surface area contributed by atoms with Crippen molar-refractivity contribution in [1.29, 1.82) is 0 Å². The van der Waals surface area contributed by atoms with Crippen LogP contribution in [-0.4, -0.2) is 34.0 Å². The van der Waals surface area contributed by atoms with Gasteiger partial charge in [0.1, 0.15) is 0 Å². The number of hydrogen-bond donors (Lipinski definition) is 1. The number of β-amino-alcohol motifs (C(OH)–C–C–N with tert-alkyl or cyclic N) is 1. The molecule has 0 spiro atoms. The first-order valence-electron chi connectivity index (χ1n) is 6.21. The molecule has 94 valence electrons. The van der Waals surface area contributed by atoms with Crippen LogP contribution >= 0.6 is 0 Å². The Morgan fingerprint density at radius 1 is 1.06 bits per heavy atom. The lowest BCUT2D eigenvalue weighted by atomic mass is 9.84. The predicted octanol–water partition coefficient (Wildman–Crippen LogP) is 1.39. The smallest absolute Gasteiger partial charge is 0.256 e. The van der Waals surface area contributed by atoms with Crippen LogP contribution in [0.2, 0.25) is 0 Å². The summed E-state index contributed by atoms with van der Waals surface area (Å²) in [4.78, 5) is 25.0. The Balaban J connectivity index is 2.10. The van der Waals surface area contributed by atoms with Crippen molar-refractivity contribution in [2.75, 3.05) is 6.54 Å². The van der Waals surface area contributed by atoms with E-state index in [0.717, 1.165) is 19.3 Å². The molecule has 0 aromatic carbocycles. The molecule has 2 aliphatic rings. The third-order valence-corrected chi connectivity index (χ3v) is 3.93. The summed E-state index contributed by atoms with van der Waals surface area (Å²) in [6.45, 7) is 3.49. The van der Waals surface area contributed by atoms with Crippen LogP contribution < -0.4 is 0 Å². The van der Waals surface area contributed by atoms with Crippen molar-refractivity contribution in [3.8, 4) is 0 Å². The normalized spacial score (nSPS) is 24.8. The van der Waals surface area contributed by atoms with Crippen molar-refractivity contribution < 1.29 is 14.7 Å². The van der Waals surface area contributed by atoms with E-state index in [1.165, 1.54) is 4.90 Å². The molecule has 1 N–H and O–H groups in total. The zero-order valence-electron chi connectivity index (χ0n) is 10.5. The molecule has 4 nitrogen and oxygen atoms in total. The van der Waals surface area contributed by atoms with E-state index < -0.39 is 5.60 Å². The molecule has 1 aliphatic heterocycles. The van der Waals surface area contributed by atoms with Gasteiger partial charge in [0.25, 0.3) is 11.8 Å². The Hall–Kier alpha value is -1.16. The van der Waals surface area contributed by atoms with E-state index in [0.29, 0.717) is 24.0 Å². The first-order chi connectivity index (χ1) is 7.94. The number of carbonyl (C=O) groups excluding carboxylic acids is 2. The molecule has 0 saturated heterocycles. The summed E-state index contributed by atoms with van der Waals surface area (Å²) in [5.74, 6) is -0.488. The molecule has 0 atom stereocenters. The average molecular weight is 237 g/mol. The Labute approximate surface area is 101 Å². The molecule has 1 aliphatic carbocycles. The molecule has 2 rings (SSSR count). The summed E-state index contributed by atoms with van der Waals surface area (Å²) < 4.78 is 0. The highest BCUT2D eigenvalue weighted by molar-refractivity contribution is 6.18. The zero-order valence-corrected chi connectivity index (χ0v) is 10.5. The number of carbonyl (C=O) groups is 2. The van der Waals surface area contributed by atoms with E-state index >= 15 is 0 Å². The van der Waals surface area contributed by atoms with Gasteiger partial charge in [-0.1, -0.05) is 19.3 Å². The van der Waals surface area contributed by atoms with Crippen LogP contribution in [0.15, 0.2) is 11.1 Å². The van der Waals surface area contributed by atoms with Crippen molar-refractivity contribution in [3.05, 3.63) is 11.1 Å². The van der Waals surface area contributed by atoms with Gasteiger partial charge in [-0.2, -0.15) is 0 Å². The quantitative estimate of drug-likeness (QED) is 0.738. The Kier molecular flexibility index (Phi) is 3.08. The van der Waals surface area contributed by atoms with Crippen molar-refractivity contribution >= 4 is 11.8 Å². The van der Waals surface area contributed by atoms with Crippen molar-refractivity contribution in [1.82, 2.24) is 4.90 Å². The van der Waals surface area contributed by atoms with E-state index in [9.17, 15) is 14.7 Å². The fraction of sp³-hybridized carbons (Fsp3) is 0.692. The van der Waals surface area contributed by atoms with Gasteiger partial charge in [-0.3, -0.25) is 14.5 Å². The van der Waals surface area contributed by atoms with Crippen molar-refractivity contribution in [2.24, 2.45) is 0 Å². The summed E-state index contributed by atoms with van der Waals surface area (Å²) in [5.41, 5.74) is 0.151. The van der Waals surface area contributed by atoms with Gasteiger partial charge in [0, 0.05) is 11.1 Å². The molecule has 0 bridgehead atoms. The van der Waals surface area contributed by atoms with Crippen LogP contribution in [0.25, 0.3) is 0 Å². The lowest BCUT2D eigenvalue weighted by molar-refractivity contribution is -0.142. The summed E-state index contributed by atoms with van der Waals surface area (Å²) in [6, 6.07) is 0. The van der Waals surface area contributed by atoms with Gasteiger partial charge in [-0.15, -0.1) is 0 Å². The maximum Gasteiger partial charge on any atom is 0.256 e. The summed E-state index contributed by atoms with van der Waals surface area (Å²) in [7, 11) is 0. The second-order valence-corrected chi connectivity index (χ2v) is 5.23. The Morgan fingerprint density at radius 3 is 2.00 bits per heavy atom. The maximum absolute atomic E-state index is 11.9. The maximum atomic E-state index is 11.9. The van der Waals surface area contributed by atoms with E-state index in [1.54, 1.807) is 13.8 Å². The van der Waals surface area contributed by atoms with Gasteiger partial charge in [-0.05, 0) is 26.7 Å².